The molecule has 116 valence electrons. The summed E-state index contributed by atoms with van der Waals surface area (Å²) in [5, 5.41) is 0. The summed E-state index contributed by atoms with van der Waals surface area (Å²) >= 11 is 0. The Hall–Kier alpha value is -1.55. The number of hydrogen-bond donors (Lipinski definition) is 0. The lowest BCUT2D eigenvalue weighted by atomic mass is 10.2. The van der Waals surface area contributed by atoms with Crippen molar-refractivity contribution in [1.82, 2.24) is 9.80 Å². The summed E-state index contributed by atoms with van der Waals surface area (Å²) in [5.41, 5.74) is 1.28. The molecule has 0 unspecified atom stereocenters. The summed E-state index contributed by atoms with van der Waals surface area (Å²) in [4.78, 5) is 16.5. The average molecular weight is 290 g/mol. The molecule has 1 aromatic carbocycles. The molecule has 1 saturated heterocycles. The topological polar surface area (TPSA) is 32.8 Å². The highest BCUT2D eigenvalue weighted by Gasteiger charge is 2.22. The van der Waals surface area contributed by atoms with Crippen LogP contribution >= 0.6 is 0 Å². The number of carbonyl (C=O) groups excluding carboxylic acids is 1. The number of nitrogens with zero attached hydrogens (tertiary/aromatic N) is 2. The molecular weight excluding hydrogens is 264 g/mol. The first-order chi connectivity index (χ1) is 10.1. The Kier molecular flexibility index (Phi) is 5.62. The van der Waals surface area contributed by atoms with Gasteiger partial charge in [0.05, 0.1) is 0 Å². The molecule has 1 amide bonds. The van der Waals surface area contributed by atoms with Crippen LogP contribution in [-0.2, 0) is 11.2 Å². The molecule has 1 fully saturated rings. The molecule has 0 spiro atoms. The molecule has 1 aromatic rings. The van der Waals surface area contributed by atoms with Gasteiger partial charge in [0.25, 0.3) is 5.91 Å². The monoisotopic (exact) mass is 290 g/mol. The van der Waals surface area contributed by atoms with E-state index in [2.05, 4.69) is 25.7 Å². The number of amides is 1. The van der Waals surface area contributed by atoms with Crippen LogP contribution in [0.4, 0.5) is 0 Å². The highest BCUT2D eigenvalue weighted by molar-refractivity contribution is 5.77. The van der Waals surface area contributed by atoms with Crippen molar-refractivity contribution in [1.29, 1.82) is 0 Å². The van der Waals surface area contributed by atoms with Crippen molar-refractivity contribution in [2.45, 2.75) is 33.2 Å². The van der Waals surface area contributed by atoms with E-state index in [9.17, 15) is 4.79 Å². The lowest BCUT2D eigenvalue weighted by Crippen LogP contribution is -2.51. The molecule has 1 aliphatic heterocycles. The first kappa shape index (κ1) is 15.8. The predicted molar refractivity (Wildman–Crippen MR) is 84.6 cm³/mol. The van der Waals surface area contributed by atoms with Crippen molar-refractivity contribution in [3.05, 3.63) is 29.8 Å². The fourth-order valence-corrected chi connectivity index (χ4v) is 2.55. The van der Waals surface area contributed by atoms with Crippen molar-refractivity contribution in [2.24, 2.45) is 0 Å². The second kappa shape index (κ2) is 7.46. The molecule has 0 bridgehead atoms. The van der Waals surface area contributed by atoms with Crippen LogP contribution in [0.25, 0.3) is 0 Å². The molecule has 2 rings (SSSR count). The third kappa shape index (κ3) is 4.46. The molecule has 0 N–H and O–H groups in total. The Morgan fingerprint density at radius 2 is 1.76 bits per heavy atom. The number of aryl methyl sites for hydroxylation is 1. The largest absolute Gasteiger partial charge is 0.484 e. The lowest BCUT2D eigenvalue weighted by Gasteiger charge is -2.36. The maximum absolute atomic E-state index is 12.2. The quantitative estimate of drug-likeness (QED) is 0.833. The molecule has 0 atom stereocenters. The zero-order chi connectivity index (χ0) is 15.2. The van der Waals surface area contributed by atoms with Crippen molar-refractivity contribution in [2.75, 3.05) is 32.8 Å². The number of ether oxygens (including phenoxy) is 1. The lowest BCUT2D eigenvalue weighted by molar-refractivity contribution is -0.135. The summed E-state index contributed by atoms with van der Waals surface area (Å²) in [5.74, 6) is 0.847. The Balaban J connectivity index is 1.77. The van der Waals surface area contributed by atoms with Gasteiger partial charge in [-0.1, -0.05) is 19.1 Å². The van der Waals surface area contributed by atoms with Crippen molar-refractivity contribution >= 4 is 5.91 Å². The fraction of sp³-hybridized carbons (Fsp3) is 0.588. The first-order valence-corrected chi connectivity index (χ1v) is 7.83. The highest BCUT2D eigenvalue weighted by atomic mass is 16.5. The fourth-order valence-electron chi connectivity index (χ4n) is 2.55. The smallest absolute Gasteiger partial charge is 0.260 e. The Bertz CT molecular complexity index is 448. The van der Waals surface area contributed by atoms with Gasteiger partial charge in [-0.15, -0.1) is 0 Å². The molecule has 4 nitrogen and oxygen atoms in total. The molecule has 0 saturated carbocycles. The Morgan fingerprint density at radius 1 is 1.14 bits per heavy atom. The number of piperazine rings is 1. The van der Waals surface area contributed by atoms with Gasteiger partial charge in [-0.3, -0.25) is 9.69 Å². The van der Waals surface area contributed by atoms with Gasteiger partial charge < -0.3 is 9.64 Å². The third-order valence-electron chi connectivity index (χ3n) is 4.09. The minimum Gasteiger partial charge on any atom is -0.484 e. The second-order valence-corrected chi connectivity index (χ2v) is 5.80. The number of carbonyl (C=O) groups is 1. The van der Waals surface area contributed by atoms with Gasteiger partial charge in [-0.2, -0.15) is 0 Å². The van der Waals surface area contributed by atoms with E-state index >= 15 is 0 Å². The van der Waals surface area contributed by atoms with Gasteiger partial charge in [0, 0.05) is 32.2 Å². The van der Waals surface area contributed by atoms with Gasteiger partial charge in [0.2, 0.25) is 0 Å². The molecular formula is C17H26N2O2. The second-order valence-electron chi connectivity index (χ2n) is 5.80. The summed E-state index contributed by atoms with van der Waals surface area (Å²) in [6.07, 6.45) is 1.01. The Morgan fingerprint density at radius 3 is 2.29 bits per heavy atom. The summed E-state index contributed by atoms with van der Waals surface area (Å²) in [6, 6.07) is 8.50. The van der Waals surface area contributed by atoms with Crippen LogP contribution in [0.5, 0.6) is 5.75 Å². The van der Waals surface area contributed by atoms with E-state index in [0.717, 1.165) is 38.3 Å². The summed E-state index contributed by atoms with van der Waals surface area (Å²) in [6.45, 7) is 10.2. The van der Waals surface area contributed by atoms with E-state index in [1.165, 1.54) is 5.56 Å². The molecule has 21 heavy (non-hydrogen) atoms. The first-order valence-electron chi connectivity index (χ1n) is 7.83. The minimum atomic E-state index is 0.0815. The molecule has 0 aliphatic carbocycles. The van der Waals surface area contributed by atoms with Crippen LogP contribution in [0.2, 0.25) is 0 Å². The summed E-state index contributed by atoms with van der Waals surface area (Å²) in [7, 11) is 0. The van der Waals surface area contributed by atoms with Crippen LogP contribution in [-0.4, -0.2) is 54.5 Å². The predicted octanol–water partition coefficient (Wildman–Crippen LogP) is 2.18. The molecule has 0 aromatic heterocycles. The van der Waals surface area contributed by atoms with Crippen LogP contribution in [0.15, 0.2) is 24.3 Å². The van der Waals surface area contributed by atoms with Gasteiger partial charge in [-0.25, -0.2) is 0 Å². The van der Waals surface area contributed by atoms with Gasteiger partial charge in [0.1, 0.15) is 5.75 Å². The van der Waals surface area contributed by atoms with Gasteiger partial charge in [0.15, 0.2) is 6.61 Å². The van der Waals surface area contributed by atoms with Gasteiger partial charge >= 0.3 is 0 Å². The maximum atomic E-state index is 12.2. The van der Waals surface area contributed by atoms with Crippen LogP contribution in [0.1, 0.15) is 26.3 Å². The average Bonchev–Trinajstić information content (AvgIpc) is 2.53. The SMILES string of the molecule is CCc1ccc(OCC(=O)N2CCN(C(C)C)CC2)cc1. The normalized spacial score (nSPS) is 16.3. The van der Waals surface area contributed by atoms with Crippen LogP contribution in [0, 0.1) is 0 Å². The zero-order valence-corrected chi connectivity index (χ0v) is 13.3. The van der Waals surface area contributed by atoms with E-state index in [1.54, 1.807) is 0 Å². The number of hydrogen-bond acceptors (Lipinski definition) is 3. The molecule has 1 aliphatic rings. The highest BCUT2D eigenvalue weighted by Crippen LogP contribution is 2.13. The third-order valence-corrected chi connectivity index (χ3v) is 4.09. The molecule has 4 heteroatoms. The number of benzene rings is 1. The van der Waals surface area contributed by atoms with Crippen molar-refractivity contribution in [3.8, 4) is 5.75 Å². The van der Waals surface area contributed by atoms with Gasteiger partial charge in [-0.05, 0) is 38.0 Å². The zero-order valence-electron chi connectivity index (χ0n) is 13.3. The van der Waals surface area contributed by atoms with Crippen LogP contribution in [0.3, 0.4) is 0 Å². The minimum absolute atomic E-state index is 0.0815. The van der Waals surface area contributed by atoms with E-state index in [0.29, 0.717) is 6.04 Å². The standard InChI is InChI=1S/C17H26N2O2/c1-4-15-5-7-16(8-6-15)21-13-17(20)19-11-9-18(10-12-19)14(2)3/h5-8,14H,4,9-13H2,1-3H3. The van der Waals surface area contributed by atoms with Crippen molar-refractivity contribution < 1.29 is 9.53 Å². The maximum Gasteiger partial charge on any atom is 0.260 e. The summed E-state index contributed by atoms with van der Waals surface area (Å²) < 4.78 is 5.59. The Labute approximate surface area is 127 Å². The molecule has 0 radical (unpaired) electrons. The molecule has 1 heterocycles. The van der Waals surface area contributed by atoms with Crippen LogP contribution < -0.4 is 4.74 Å². The van der Waals surface area contributed by atoms with E-state index in [-0.39, 0.29) is 12.5 Å². The van der Waals surface area contributed by atoms with E-state index < -0.39 is 0 Å². The van der Waals surface area contributed by atoms with Crippen molar-refractivity contribution in [3.63, 3.8) is 0 Å². The van der Waals surface area contributed by atoms with E-state index in [4.69, 9.17) is 4.74 Å². The number of rotatable bonds is 5. The van der Waals surface area contributed by atoms with E-state index in [1.807, 2.05) is 29.2 Å².